The Hall–Kier alpha value is -4.74. The van der Waals surface area contributed by atoms with Crippen molar-refractivity contribution in [2.45, 2.75) is 39.0 Å². The zero-order valence-electron chi connectivity index (χ0n) is 21.2. The van der Waals surface area contributed by atoms with Crippen molar-refractivity contribution < 1.29 is 23.1 Å². The van der Waals surface area contributed by atoms with E-state index in [1.807, 2.05) is 43.5 Å². The minimum atomic E-state index is -2.67. The number of nitrogens with one attached hydrogen (secondary N) is 3. The number of primary amides is 1. The van der Waals surface area contributed by atoms with Gasteiger partial charge in [0.05, 0.1) is 11.6 Å². The van der Waals surface area contributed by atoms with E-state index in [0.717, 1.165) is 23.0 Å². The molecule has 0 radical (unpaired) electrons. The molecule has 0 unspecified atom stereocenters. The van der Waals surface area contributed by atoms with Crippen LogP contribution in [0.1, 0.15) is 29.3 Å². The van der Waals surface area contributed by atoms with Crippen molar-refractivity contribution in [2.24, 2.45) is 5.73 Å². The van der Waals surface area contributed by atoms with Gasteiger partial charge in [-0.25, -0.2) is 18.6 Å². The Kier molecular flexibility index (Phi) is 8.87. The maximum atomic E-state index is 13.2. The zero-order valence-corrected chi connectivity index (χ0v) is 21.2. The van der Waals surface area contributed by atoms with E-state index < -0.39 is 30.9 Å². The van der Waals surface area contributed by atoms with E-state index in [-0.39, 0.29) is 30.5 Å². The number of aromatic nitrogens is 3. The number of halogens is 2. The number of hydrogen-bond acceptors (Lipinski definition) is 7. The lowest BCUT2D eigenvalue weighted by Crippen LogP contribution is -2.41. The minimum absolute atomic E-state index is 0.00259. The van der Waals surface area contributed by atoms with Crippen molar-refractivity contribution >= 4 is 40.4 Å². The van der Waals surface area contributed by atoms with Gasteiger partial charge in [-0.1, -0.05) is 36.4 Å². The largest absolute Gasteiger partial charge is 0.445 e. The van der Waals surface area contributed by atoms with Crippen LogP contribution < -0.4 is 21.7 Å². The molecule has 0 spiro atoms. The SMILES string of the molecule is CCn1ccc2c(Nc3nc(NC[C@H](CC(F)F)NC(=O)OCc4ccccc4)ncc3C(N)=O)cccc21. The number of nitrogens with zero attached hydrogens (tertiary/aromatic N) is 3. The number of fused-ring (bicyclic) bond motifs is 1. The molecule has 4 aromatic rings. The van der Waals surface area contributed by atoms with Crippen molar-refractivity contribution in [2.75, 3.05) is 17.2 Å². The Morgan fingerprint density at radius 2 is 1.90 bits per heavy atom. The van der Waals surface area contributed by atoms with E-state index >= 15 is 0 Å². The fourth-order valence-electron chi connectivity index (χ4n) is 4.03. The van der Waals surface area contributed by atoms with Crippen LogP contribution in [0.3, 0.4) is 0 Å². The minimum Gasteiger partial charge on any atom is -0.445 e. The summed E-state index contributed by atoms with van der Waals surface area (Å²) in [4.78, 5) is 32.7. The quantitative estimate of drug-likeness (QED) is 0.206. The molecule has 0 aliphatic heterocycles. The lowest BCUT2D eigenvalue weighted by Gasteiger charge is -2.19. The predicted octanol–water partition coefficient (Wildman–Crippen LogP) is 4.66. The average Bonchev–Trinajstić information content (AvgIpc) is 3.35. The molecule has 2 amide bonds. The smallest absolute Gasteiger partial charge is 0.407 e. The summed E-state index contributed by atoms with van der Waals surface area (Å²) in [5, 5.41) is 9.36. The molecule has 204 valence electrons. The van der Waals surface area contributed by atoms with Gasteiger partial charge in [-0.15, -0.1) is 0 Å². The van der Waals surface area contributed by atoms with Crippen LogP contribution in [0.2, 0.25) is 0 Å². The number of hydrogen-bond donors (Lipinski definition) is 4. The van der Waals surface area contributed by atoms with Gasteiger partial charge >= 0.3 is 6.09 Å². The lowest BCUT2D eigenvalue weighted by atomic mass is 10.2. The second-order valence-electron chi connectivity index (χ2n) is 8.70. The molecule has 2 heterocycles. The highest BCUT2D eigenvalue weighted by molar-refractivity contribution is 6.00. The highest BCUT2D eigenvalue weighted by Gasteiger charge is 2.20. The highest BCUT2D eigenvalue weighted by Crippen LogP contribution is 2.28. The lowest BCUT2D eigenvalue weighted by molar-refractivity contribution is 0.0999. The molecule has 2 aromatic carbocycles. The Morgan fingerprint density at radius 3 is 2.62 bits per heavy atom. The van der Waals surface area contributed by atoms with E-state index in [2.05, 4.69) is 30.5 Å². The number of anilines is 3. The first-order valence-corrected chi connectivity index (χ1v) is 12.3. The number of carbonyl (C=O) groups excluding carboxylic acids is 2. The molecule has 1 atom stereocenters. The summed E-state index contributed by atoms with van der Waals surface area (Å²) in [6.07, 6.45) is -0.906. The van der Waals surface area contributed by atoms with Gasteiger partial charge < -0.3 is 31.0 Å². The molecule has 0 aliphatic carbocycles. The Labute approximate surface area is 223 Å². The summed E-state index contributed by atoms with van der Waals surface area (Å²) in [6, 6.07) is 15.7. The van der Waals surface area contributed by atoms with Crippen LogP contribution in [0.5, 0.6) is 0 Å². The van der Waals surface area contributed by atoms with E-state index in [1.165, 1.54) is 6.20 Å². The van der Waals surface area contributed by atoms with Crippen LogP contribution >= 0.6 is 0 Å². The first-order chi connectivity index (χ1) is 18.8. The molecule has 0 aliphatic rings. The molecule has 0 saturated carbocycles. The summed E-state index contributed by atoms with van der Waals surface area (Å²) < 4.78 is 33.6. The van der Waals surface area contributed by atoms with Crippen molar-refractivity contribution in [1.82, 2.24) is 19.9 Å². The molecule has 10 nitrogen and oxygen atoms in total. The second-order valence-corrected chi connectivity index (χ2v) is 8.70. The summed E-state index contributed by atoms with van der Waals surface area (Å²) in [7, 11) is 0. The molecular formula is C27H29F2N7O3. The van der Waals surface area contributed by atoms with Gasteiger partial charge in [-0.05, 0) is 30.7 Å². The van der Waals surface area contributed by atoms with Crippen molar-refractivity contribution in [1.29, 1.82) is 0 Å². The monoisotopic (exact) mass is 537 g/mol. The molecule has 4 rings (SSSR count). The van der Waals surface area contributed by atoms with Crippen LogP contribution in [0.25, 0.3) is 10.9 Å². The normalized spacial score (nSPS) is 11.8. The molecule has 5 N–H and O–H groups in total. The number of alkyl carbamates (subject to hydrolysis) is 1. The maximum Gasteiger partial charge on any atom is 0.407 e. The number of carbonyl (C=O) groups is 2. The number of alkyl halides is 2. The molecular weight excluding hydrogens is 508 g/mol. The number of benzene rings is 2. The topological polar surface area (TPSA) is 136 Å². The van der Waals surface area contributed by atoms with Gasteiger partial charge in [-0.3, -0.25) is 4.79 Å². The summed E-state index contributed by atoms with van der Waals surface area (Å²) in [5.41, 5.74) is 8.05. The third-order valence-corrected chi connectivity index (χ3v) is 5.97. The van der Waals surface area contributed by atoms with Gasteiger partial charge in [0.15, 0.2) is 0 Å². The number of amides is 2. The third kappa shape index (κ3) is 7.18. The van der Waals surface area contributed by atoms with Gasteiger partial charge in [0.25, 0.3) is 5.91 Å². The highest BCUT2D eigenvalue weighted by atomic mass is 19.3. The van der Waals surface area contributed by atoms with Gasteiger partial charge in [0, 0.05) is 43.0 Å². The van der Waals surface area contributed by atoms with Gasteiger partial charge in [-0.2, -0.15) is 4.98 Å². The van der Waals surface area contributed by atoms with Crippen molar-refractivity contribution in [3.8, 4) is 0 Å². The van der Waals surface area contributed by atoms with E-state index in [9.17, 15) is 18.4 Å². The third-order valence-electron chi connectivity index (χ3n) is 5.97. The number of aryl methyl sites for hydroxylation is 1. The molecule has 0 fully saturated rings. The van der Waals surface area contributed by atoms with E-state index in [0.29, 0.717) is 5.69 Å². The first kappa shape index (κ1) is 27.3. The Morgan fingerprint density at radius 1 is 1.10 bits per heavy atom. The fraction of sp³-hybridized carbons (Fsp3) is 0.259. The molecule has 2 aromatic heterocycles. The van der Waals surface area contributed by atoms with Crippen LogP contribution in [0, 0.1) is 0 Å². The second kappa shape index (κ2) is 12.7. The number of ether oxygens (including phenoxy) is 1. The Balaban J connectivity index is 1.46. The Bertz CT molecular complexity index is 1430. The van der Waals surface area contributed by atoms with Crippen LogP contribution in [0.4, 0.5) is 31.0 Å². The van der Waals surface area contributed by atoms with Gasteiger partial charge in [0.1, 0.15) is 18.0 Å². The predicted molar refractivity (Wildman–Crippen MR) is 144 cm³/mol. The summed E-state index contributed by atoms with van der Waals surface area (Å²) >= 11 is 0. The fourth-order valence-corrected chi connectivity index (χ4v) is 4.03. The van der Waals surface area contributed by atoms with Crippen molar-refractivity contribution in [3.05, 3.63) is 78.1 Å². The van der Waals surface area contributed by atoms with Crippen LogP contribution in [0.15, 0.2) is 67.0 Å². The molecule has 39 heavy (non-hydrogen) atoms. The zero-order chi connectivity index (χ0) is 27.8. The van der Waals surface area contributed by atoms with E-state index in [1.54, 1.807) is 24.3 Å². The van der Waals surface area contributed by atoms with Gasteiger partial charge in [0.2, 0.25) is 12.4 Å². The standard InChI is InChI=1S/C27H29F2N7O3/c1-2-36-12-11-19-21(9-6-10-22(19)36)34-25-20(24(30)37)15-32-26(35-25)31-14-18(13-23(28)29)33-27(38)39-16-17-7-4-3-5-8-17/h3-12,15,18,23H,2,13-14,16H2,1H3,(H2,30,37)(H,33,38)(H2,31,32,34,35)/t18-/m0/s1. The van der Waals surface area contributed by atoms with E-state index in [4.69, 9.17) is 10.5 Å². The molecule has 0 bridgehead atoms. The van der Waals surface area contributed by atoms with Crippen LogP contribution in [-0.2, 0) is 17.9 Å². The average molecular weight is 538 g/mol. The number of rotatable bonds is 12. The maximum absolute atomic E-state index is 13.2. The molecule has 12 heteroatoms. The molecule has 0 saturated heterocycles. The van der Waals surface area contributed by atoms with Crippen LogP contribution in [-0.4, -0.2) is 45.5 Å². The summed E-state index contributed by atoms with van der Waals surface area (Å²) in [5.74, 6) is -0.530. The number of nitrogens with two attached hydrogens (primary N) is 1. The van der Waals surface area contributed by atoms with Crippen molar-refractivity contribution in [3.63, 3.8) is 0 Å². The first-order valence-electron chi connectivity index (χ1n) is 12.3. The summed E-state index contributed by atoms with van der Waals surface area (Å²) in [6.45, 7) is 2.71.